The fourth-order valence-corrected chi connectivity index (χ4v) is 4.69. The van der Waals surface area contributed by atoms with E-state index in [1.54, 1.807) is 6.20 Å². The molecule has 0 aromatic rings. The molecule has 1 rings (SSSR count). The summed E-state index contributed by atoms with van der Waals surface area (Å²) in [4.78, 5) is 15.6. The zero-order valence-corrected chi connectivity index (χ0v) is 21.4. The Bertz CT molecular complexity index is 586. The molecule has 0 radical (unpaired) electrons. The maximum absolute atomic E-state index is 11.2. The summed E-state index contributed by atoms with van der Waals surface area (Å²) < 4.78 is 0.245. The third-order valence-electron chi connectivity index (χ3n) is 6.67. The maximum atomic E-state index is 11.2. The van der Waals surface area contributed by atoms with Crippen molar-refractivity contribution in [1.29, 1.82) is 0 Å². The molecule has 1 atom stereocenters. The Balaban J connectivity index is 1.90. The van der Waals surface area contributed by atoms with Crippen molar-refractivity contribution in [2.24, 2.45) is 10.7 Å². The van der Waals surface area contributed by atoms with Gasteiger partial charge in [-0.15, -0.1) is 0 Å². The van der Waals surface area contributed by atoms with Crippen LogP contribution < -0.4 is 10.8 Å². The molecule has 0 saturated heterocycles. The van der Waals surface area contributed by atoms with E-state index in [0.29, 0.717) is 13.1 Å². The predicted octanol–water partition coefficient (Wildman–Crippen LogP) is 5.99. The quantitative estimate of drug-likeness (QED) is 0.115. The molecule has 1 heterocycles. The number of nitrogens with zero attached hydrogens (tertiary/aromatic N) is 2. The van der Waals surface area contributed by atoms with Crippen LogP contribution in [0.3, 0.4) is 0 Å². The Kier molecular flexibility index (Phi) is 17.9. The first-order valence-corrected chi connectivity index (χ1v) is 13.8. The first kappa shape index (κ1) is 29.6. The SMILES string of the molecule is CCC/C=C/CCCCCCCCCCCCCCCCC1=NC=C[N+]1(CCN)CC(=O)[O-]. The highest BCUT2D eigenvalue weighted by Crippen LogP contribution is 2.21. The topological polar surface area (TPSA) is 78.5 Å². The molecule has 1 unspecified atom stereocenters. The largest absolute Gasteiger partial charge is 0.544 e. The summed E-state index contributed by atoms with van der Waals surface area (Å²) in [6.45, 7) is 3.17. The van der Waals surface area contributed by atoms with E-state index in [1.165, 1.54) is 103 Å². The minimum absolute atomic E-state index is 0.0662. The smallest absolute Gasteiger partial charge is 0.207 e. The lowest BCUT2D eigenvalue weighted by molar-refractivity contribution is -0.780. The zero-order valence-electron chi connectivity index (χ0n) is 21.4. The summed E-state index contributed by atoms with van der Waals surface area (Å²) >= 11 is 0. The van der Waals surface area contributed by atoms with E-state index in [1.807, 2.05) is 6.20 Å². The van der Waals surface area contributed by atoms with Crippen LogP contribution in [0.4, 0.5) is 0 Å². The van der Waals surface area contributed by atoms with Crippen LogP contribution in [0.5, 0.6) is 0 Å². The van der Waals surface area contributed by atoms with Gasteiger partial charge in [-0.3, -0.25) is 0 Å². The van der Waals surface area contributed by atoms with Gasteiger partial charge in [0.2, 0.25) is 5.84 Å². The highest BCUT2D eigenvalue weighted by molar-refractivity contribution is 5.80. The van der Waals surface area contributed by atoms with Crippen LogP contribution in [-0.4, -0.2) is 35.9 Å². The zero-order chi connectivity index (χ0) is 24.0. The van der Waals surface area contributed by atoms with E-state index in [9.17, 15) is 9.90 Å². The van der Waals surface area contributed by atoms with Gasteiger partial charge in [-0.2, -0.15) is 0 Å². The molecule has 5 nitrogen and oxygen atoms in total. The van der Waals surface area contributed by atoms with Crippen LogP contribution in [0.1, 0.15) is 122 Å². The lowest BCUT2D eigenvalue weighted by Gasteiger charge is -2.32. The molecule has 33 heavy (non-hydrogen) atoms. The molecule has 0 aliphatic carbocycles. The Morgan fingerprint density at radius 3 is 1.91 bits per heavy atom. The number of carboxylic acid groups (broad SMARTS) is 1. The molecule has 5 heteroatoms. The van der Waals surface area contributed by atoms with Gasteiger partial charge in [0.1, 0.15) is 19.3 Å². The number of carbonyl (C=O) groups is 1. The second-order valence-electron chi connectivity index (χ2n) is 9.67. The van der Waals surface area contributed by atoms with E-state index in [2.05, 4.69) is 24.1 Å². The van der Waals surface area contributed by atoms with Crippen LogP contribution in [0, 0.1) is 0 Å². The van der Waals surface area contributed by atoms with Crippen molar-refractivity contribution in [2.45, 2.75) is 122 Å². The number of unbranched alkanes of at least 4 members (excludes halogenated alkanes) is 15. The second-order valence-corrected chi connectivity index (χ2v) is 9.67. The number of carbonyl (C=O) groups excluding carboxylic acids is 1. The van der Waals surface area contributed by atoms with E-state index >= 15 is 0 Å². The summed E-state index contributed by atoms with van der Waals surface area (Å²) in [7, 11) is 0. The number of carboxylic acids is 1. The molecule has 0 saturated carbocycles. The van der Waals surface area contributed by atoms with Crippen LogP contribution in [0.2, 0.25) is 0 Å². The van der Waals surface area contributed by atoms with Gasteiger partial charge >= 0.3 is 0 Å². The summed E-state index contributed by atoms with van der Waals surface area (Å²) in [6, 6.07) is 0. The maximum Gasteiger partial charge on any atom is 0.207 e. The third-order valence-corrected chi connectivity index (χ3v) is 6.67. The van der Waals surface area contributed by atoms with Gasteiger partial charge in [-0.05, 0) is 25.7 Å². The Labute approximate surface area is 203 Å². The number of hydrogen-bond donors (Lipinski definition) is 1. The molecule has 2 N–H and O–H groups in total. The van der Waals surface area contributed by atoms with Crippen molar-refractivity contribution in [1.82, 2.24) is 0 Å². The average molecular weight is 462 g/mol. The highest BCUT2D eigenvalue weighted by atomic mass is 16.4. The molecule has 0 spiro atoms. The number of rotatable bonds is 23. The lowest BCUT2D eigenvalue weighted by atomic mass is 10.0. The van der Waals surface area contributed by atoms with Crippen molar-refractivity contribution in [3.8, 4) is 0 Å². The van der Waals surface area contributed by atoms with E-state index in [4.69, 9.17) is 5.73 Å². The Morgan fingerprint density at radius 1 is 0.879 bits per heavy atom. The van der Waals surface area contributed by atoms with E-state index < -0.39 is 5.97 Å². The highest BCUT2D eigenvalue weighted by Gasteiger charge is 2.34. The first-order chi connectivity index (χ1) is 16.1. The Morgan fingerprint density at radius 2 is 1.39 bits per heavy atom. The molecule has 1 aliphatic heterocycles. The summed E-state index contributed by atoms with van der Waals surface area (Å²) in [5.74, 6) is -0.123. The van der Waals surface area contributed by atoms with Gasteiger partial charge in [0.25, 0.3) is 0 Å². The lowest BCUT2D eigenvalue weighted by Crippen LogP contribution is -2.55. The molecule has 0 aromatic heterocycles. The van der Waals surface area contributed by atoms with Gasteiger partial charge in [0, 0.05) is 13.0 Å². The van der Waals surface area contributed by atoms with Crippen molar-refractivity contribution in [2.75, 3.05) is 19.6 Å². The van der Waals surface area contributed by atoms with Crippen LogP contribution in [-0.2, 0) is 4.79 Å². The summed E-state index contributed by atoms with van der Waals surface area (Å²) in [5.41, 5.74) is 5.71. The van der Waals surface area contributed by atoms with Crippen molar-refractivity contribution >= 4 is 11.8 Å². The molecule has 0 bridgehead atoms. The monoisotopic (exact) mass is 461 g/mol. The van der Waals surface area contributed by atoms with E-state index in [-0.39, 0.29) is 11.0 Å². The van der Waals surface area contributed by atoms with Gasteiger partial charge in [-0.25, -0.2) is 9.48 Å². The van der Waals surface area contributed by atoms with Crippen molar-refractivity contribution in [3.63, 3.8) is 0 Å². The van der Waals surface area contributed by atoms with E-state index in [0.717, 1.165) is 18.7 Å². The summed E-state index contributed by atoms with van der Waals surface area (Å²) in [5, 5.41) is 11.2. The molecule has 0 aromatic carbocycles. The molecule has 190 valence electrons. The number of amidine groups is 1. The van der Waals surface area contributed by atoms with Gasteiger partial charge in [0.15, 0.2) is 0 Å². The van der Waals surface area contributed by atoms with Gasteiger partial charge in [0.05, 0.1) is 12.2 Å². The fourth-order valence-electron chi connectivity index (χ4n) is 4.69. The fraction of sp³-hybridized carbons (Fsp3) is 0.786. The van der Waals surface area contributed by atoms with Gasteiger partial charge < -0.3 is 15.6 Å². The molecule has 0 fully saturated rings. The molecule has 1 aliphatic rings. The van der Waals surface area contributed by atoms with Crippen molar-refractivity contribution in [3.05, 3.63) is 24.6 Å². The number of allylic oxidation sites excluding steroid dienone is 2. The number of aliphatic imine (C=N–C) groups is 1. The van der Waals surface area contributed by atoms with Crippen LogP contribution >= 0.6 is 0 Å². The van der Waals surface area contributed by atoms with Crippen LogP contribution in [0.15, 0.2) is 29.5 Å². The average Bonchev–Trinajstić information content (AvgIpc) is 3.16. The second kappa shape index (κ2) is 20.0. The predicted molar refractivity (Wildman–Crippen MR) is 139 cm³/mol. The number of aliphatic carboxylic acids is 1. The standard InChI is InChI=1S/C28H51N3O2/c1-2-3-4-5-6-7-8-9-10-11-12-13-14-15-16-17-18-19-20-21-27-30-23-25-31(27,24-22-29)26-28(32)33/h4-5,23,25H,2-3,6-22,24,26,29H2,1H3/b5-4+. The third kappa shape index (κ3) is 14.4. The number of quaternary nitrogens is 1. The van der Waals surface area contributed by atoms with Crippen molar-refractivity contribution < 1.29 is 14.4 Å². The normalized spacial score (nSPS) is 17.8. The molecular formula is C28H51N3O2. The minimum Gasteiger partial charge on any atom is -0.544 e. The summed E-state index contributed by atoms with van der Waals surface area (Å²) in [6.07, 6.45) is 31.5. The first-order valence-electron chi connectivity index (χ1n) is 13.8. The molecule has 0 amide bonds. The number of hydrogen-bond acceptors (Lipinski definition) is 4. The Hall–Kier alpha value is -1.46. The number of nitrogens with two attached hydrogens (primary N) is 1. The molecular weight excluding hydrogens is 410 g/mol. The minimum atomic E-state index is -1.05. The van der Waals surface area contributed by atoms with Crippen LogP contribution in [0.25, 0.3) is 0 Å². The van der Waals surface area contributed by atoms with Gasteiger partial charge in [-0.1, -0.05) is 103 Å².